The summed E-state index contributed by atoms with van der Waals surface area (Å²) in [5.74, 6) is -1.11. The molecule has 0 radical (unpaired) electrons. The summed E-state index contributed by atoms with van der Waals surface area (Å²) in [6.45, 7) is -0.416. The zero-order valence-corrected chi connectivity index (χ0v) is 14.2. The molecule has 0 amide bonds. The molecule has 2 aromatic rings. The van der Waals surface area contributed by atoms with Gasteiger partial charge in [0.05, 0.1) is 14.1 Å². The third-order valence-corrected chi connectivity index (χ3v) is 4.36. The summed E-state index contributed by atoms with van der Waals surface area (Å²) in [4.78, 5) is 33.9. The molecular formula is C15H9Cl2NO5S. The molecule has 6 nitrogen and oxygen atoms in total. The predicted molar refractivity (Wildman–Crippen MR) is 91.8 cm³/mol. The first-order valence-electron chi connectivity index (χ1n) is 6.44. The Morgan fingerprint density at radius 2 is 2.00 bits per heavy atom. The van der Waals surface area contributed by atoms with Crippen molar-refractivity contribution in [1.29, 1.82) is 0 Å². The maximum atomic E-state index is 11.8. The molecule has 2 rings (SSSR count). The number of rotatable bonds is 6. The molecule has 1 heterocycles. The minimum Gasteiger partial charge on any atom is -0.454 e. The number of nitro benzene ring substituents is 1. The van der Waals surface area contributed by atoms with Crippen molar-refractivity contribution in [2.75, 3.05) is 6.61 Å². The van der Waals surface area contributed by atoms with Crippen molar-refractivity contribution in [3.8, 4) is 0 Å². The molecule has 0 unspecified atom stereocenters. The van der Waals surface area contributed by atoms with Crippen molar-refractivity contribution in [1.82, 2.24) is 0 Å². The minimum atomic E-state index is -0.747. The summed E-state index contributed by atoms with van der Waals surface area (Å²) in [5.41, 5.74) is 0.136. The fourth-order valence-electron chi connectivity index (χ4n) is 1.66. The zero-order chi connectivity index (χ0) is 17.7. The van der Waals surface area contributed by atoms with Crippen LogP contribution in [0.2, 0.25) is 9.36 Å². The number of thiophene rings is 1. The summed E-state index contributed by atoms with van der Waals surface area (Å²) < 4.78 is 5.29. The van der Waals surface area contributed by atoms with Gasteiger partial charge in [0.2, 0.25) is 5.78 Å². The van der Waals surface area contributed by atoms with E-state index in [0.717, 1.165) is 17.4 Å². The first kappa shape index (κ1) is 18.1. The van der Waals surface area contributed by atoms with E-state index in [-0.39, 0.29) is 16.5 Å². The number of hydrogen-bond donors (Lipinski definition) is 0. The summed E-state index contributed by atoms with van der Waals surface area (Å²) in [5, 5.41) is 10.8. The molecule has 24 heavy (non-hydrogen) atoms. The number of nitrogens with zero attached hydrogens (tertiary/aromatic N) is 1. The molecule has 0 fully saturated rings. The van der Waals surface area contributed by atoms with E-state index in [1.807, 2.05) is 0 Å². The van der Waals surface area contributed by atoms with Crippen molar-refractivity contribution in [3.05, 3.63) is 66.3 Å². The van der Waals surface area contributed by atoms with Crippen LogP contribution < -0.4 is 0 Å². The van der Waals surface area contributed by atoms with Crippen LogP contribution in [0.1, 0.15) is 15.2 Å². The zero-order valence-electron chi connectivity index (χ0n) is 11.9. The van der Waals surface area contributed by atoms with Crippen LogP contribution in [0.25, 0.3) is 6.08 Å². The van der Waals surface area contributed by atoms with E-state index in [2.05, 4.69) is 0 Å². The Morgan fingerprint density at radius 3 is 2.62 bits per heavy atom. The third kappa shape index (κ3) is 4.89. The van der Waals surface area contributed by atoms with Gasteiger partial charge in [-0.25, -0.2) is 4.79 Å². The van der Waals surface area contributed by atoms with Gasteiger partial charge in [-0.05, 0) is 29.8 Å². The Morgan fingerprint density at radius 1 is 1.25 bits per heavy atom. The van der Waals surface area contributed by atoms with E-state index in [0.29, 0.717) is 14.8 Å². The van der Waals surface area contributed by atoms with Crippen LogP contribution >= 0.6 is 34.5 Å². The SMILES string of the molecule is O=C(/C=C/c1ccc(Cl)c([N+](=O)[O-])c1)OCC(=O)c1ccc(Cl)s1. The second kappa shape index (κ2) is 8.05. The highest BCUT2D eigenvalue weighted by Gasteiger charge is 2.13. The number of halogens is 2. The molecule has 0 saturated carbocycles. The minimum absolute atomic E-state index is 0.0000631. The van der Waals surface area contributed by atoms with Crippen molar-refractivity contribution >= 4 is 58.1 Å². The standard InChI is InChI=1S/C15H9Cl2NO5S/c16-10-3-1-9(7-11(10)18(21)22)2-6-15(20)23-8-12(19)13-4-5-14(17)24-13/h1-7H,8H2/b6-2+. The van der Waals surface area contributed by atoms with Gasteiger partial charge >= 0.3 is 5.97 Å². The number of hydrogen-bond acceptors (Lipinski definition) is 6. The summed E-state index contributed by atoms with van der Waals surface area (Å²) in [6.07, 6.45) is 2.40. The van der Waals surface area contributed by atoms with E-state index < -0.39 is 17.5 Å². The Hall–Kier alpha value is -2.22. The van der Waals surface area contributed by atoms with Crippen LogP contribution in [0, 0.1) is 10.1 Å². The van der Waals surface area contributed by atoms with Gasteiger partial charge < -0.3 is 4.74 Å². The summed E-state index contributed by atoms with van der Waals surface area (Å²) >= 11 is 12.5. The van der Waals surface area contributed by atoms with Gasteiger partial charge in [0.1, 0.15) is 5.02 Å². The van der Waals surface area contributed by atoms with Crippen LogP contribution in [-0.2, 0) is 9.53 Å². The van der Waals surface area contributed by atoms with E-state index in [9.17, 15) is 19.7 Å². The van der Waals surface area contributed by atoms with Gasteiger partial charge in [0.25, 0.3) is 5.69 Å². The average Bonchev–Trinajstić information content (AvgIpc) is 2.98. The molecule has 0 aliphatic carbocycles. The van der Waals surface area contributed by atoms with Gasteiger partial charge in [-0.2, -0.15) is 0 Å². The number of carbonyl (C=O) groups excluding carboxylic acids is 2. The number of esters is 1. The van der Waals surface area contributed by atoms with Crippen molar-refractivity contribution in [2.45, 2.75) is 0 Å². The summed E-state index contributed by atoms with van der Waals surface area (Å²) in [7, 11) is 0. The molecule has 0 bridgehead atoms. The highest BCUT2D eigenvalue weighted by Crippen LogP contribution is 2.25. The van der Waals surface area contributed by atoms with Crippen molar-refractivity contribution in [3.63, 3.8) is 0 Å². The number of ether oxygens (including phenoxy) is 1. The monoisotopic (exact) mass is 385 g/mol. The lowest BCUT2D eigenvalue weighted by atomic mass is 10.2. The highest BCUT2D eigenvalue weighted by molar-refractivity contribution is 7.18. The Labute approximate surface area is 150 Å². The Balaban J connectivity index is 1.94. The largest absolute Gasteiger partial charge is 0.454 e. The second-order valence-corrected chi connectivity index (χ2v) is 6.56. The van der Waals surface area contributed by atoms with Gasteiger partial charge in [-0.3, -0.25) is 14.9 Å². The number of Topliss-reactive ketones (excluding diaryl/α,β-unsaturated/α-hetero) is 1. The average molecular weight is 386 g/mol. The van der Waals surface area contributed by atoms with Gasteiger partial charge in [-0.15, -0.1) is 11.3 Å². The quantitative estimate of drug-likeness (QED) is 0.241. The van der Waals surface area contributed by atoms with E-state index in [1.54, 1.807) is 12.1 Å². The lowest BCUT2D eigenvalue weighted by molar-refractivity contribution is -0.384. The molecule has 1 aromatic carbocycles. The van der Waals surface area contributed by atoms with Gasteiger partial charge in [-0.1, -0.05) is 29.3 Å². The molecule has 0 aliphatic heterocycles. The summed E-state index contributed by atoms with van der Waals surface area (Å²) in [6, 6.07) is 7.22. The maximum absolute atomic E-state index is 11.8. The first-order chi connectivity index (χ1) is 11.4. The van der Waals surface area contributed by atoms with E-state index in [4.69, 9.17) is 27.9 Å². The fourth-order valence-corrected chi connectivity index (χ4v) is 2.81. The third-order valence-electron chi connectivity index (χ3n) is 2.77. The number of benzene rings is 1. The van der Waals surface area contributed by atoms with Crippen molar-refractivity contribution < 1.29 is 19.2 Å². The molecule has 0 atom stereocenters. The van der Waals surface area contributed by atoms with Crippen LogP contribution in [0.3, 0.4) is 0 Å². The second-order valence-electron chi connectivity index (χ2n) is 4.44. The fraction of sp³-hybridized carbons (Fsp3) is 0.0667. The highest BCUT2D eigenvalue weighted by atomic mass is 35.5. The maximum Gasteiger partial charge on any atom is 0.331 e. The first-order valence-corrected chi connectivity index (χ1v) is 8.01. The van der Waals surface area contributed by atoms with E-state index in [1.165, 1.54) is 24.3 Å². The van der Waals surface area contributed by atoms with Crippen LogP contribution in [0.4, 0.5) is 5.69 Å². The predicted octanol–water partition coefficient (Wildman–Crippen LogP) is 4.40. The van der Waals surface area contributed by atoms with Crippen LogP contribution in [-0.4, -0.2) is 23.3 Å². The van der Waals surface area contributed by atoms with Crippen LogP contribution in [0.5, 0.6) is 0 Å². The smallest absolute Gasteiger partial charge is 0.331 e. The Kier molecular flexibility index (Phi) is 6.08. The molecule has 0 aliphatic rings. The van der Waals surface area contributed by atoms with Crippen molar-refractivity contribution in [2.24, 2.45) is 0 Å². The lowest BCUT2D eigenvalue weighted by Crippen LogP contribution is -2.11. The number of carbonyl (C=O) groups is 2. The molecule has 9 heteroatoms. The van der Waals surface area contributed by atoms with Crippen LogP contribution in [0.15, 0.2) is 36.4 Å². The number of nitro groups is 1. The normalized spacial score (nSPS) is 10.8. The lowest BCUT2D eigenvalue weighted by Gasteiger charge is -2.00. The molecule has 0 spiro atoms. The topological polar surface area (TPSA) is 86.5 Å². The molecule has 1 aromatic heterocycles. The van der Waals surface area contributed by atoms with E-state index >= 15 is 0 Å². The Bertz CT molecular complexity index is 831. The van der Waals surface area contributed by atoms with Gasteiger partial charge in [0.15, 0.2) is 6.61 Å². The molecule has 0 N–H and O–H groups in total. The molecule has 0 saturated heterocycles. The van der Waals surface area contributed by atoms with Gasteiger partial charge in [0, 0.05) is 12.1 Å². The number of ketones is 1. The molecule has 124 valence electrons. The molecular weight excluding hydrogens is 377 g/mol.